The third-order valence-corrected chi connectivity index (χ3v) is 1.56. The van der Waals surface area contributed by atoms with Gasteiger partial charge in [-0.25, -0.2) is 0 Å². The first-order valence-electron chi connectivity index (χ1n) is 3.49. The molecule has 0 saturated carbocycles. The second-order valence-corrected chi connectivity index (χ2v) is 2.75. The fraction of sp³-hybridized carbons (Fsp3) is 0.333. The van der Waals surface area contributed by atoms with Crippen molar-refractivity contribution in [2.24, 2.45) is 0 Å². The van der Waals surface area contributed by atoms with Gasteiger partial charge in [0, 0.05) is 0 Å². The van der Waals surface area contributed by atoms with Crippen LogP contribution in [0.25, 0.3) is 0 Å². The number of phenolic OH excluding ortho intramolecular Hbond substituents is 1. The zero-order valence-electron chi connectivity index (χ0n) is 7.33. The lowest BCUT2D eigenvalue weighted by Crippen LogP contribution is -1.84. The minimum absolute atomic E-state index is 0. The van der Waals surface area contributed by atoms with Crippen molar-refractivity contribution in [3.05, 3.63) is 29.8 Å². The molecule has 0 aromatic heterocycles. The molecule has 0 radical (unpaired) electrons. The molecule has 0 aliphatic carbocycles. The molecule has 1 aromatic carbocycles. The summed E-state index contributed by atoms with van der Waals surface area (Å²) in [6, 6.07) is 7.32. The van der Waals surface area contributed by atoms with Gasteiger partial charge in [-0.3, -0.25) is 0 Å². The molecule has 0 heterocycles. The Morgan fingerprint density at radius 2 is 1.70 bits per heavy atom. The first-order chi connectivity index (χ1) is 4.70. The lowest BCUT2D eigenvalue weighted by atomic mass is 10.0. The highest BCUT2D eigenvalue weighted by molar-refractivity contribution is 5.27. The Hall–Kier alpha value is -0.980. The van der Waals surface area contributed by atoms with Crippen LogP contribution in [0.5, 0.6) is 5.75 Å². The fourth-order valence-electron chi connectivity index (χ4n) is 0.859. The fourth-order valence-corrected chi connectivity index (χ4v) is 0.859. The Morgan fingerprint density at radius 1 is 1.20 bits per heavy atom. The van der Waals surface area contributed by atoms with Gasteiger partial charge in [0.1, 0.15) is 5.75 Å². The third-order valence-electron chi connectivity index (χ3n) is 1.56. The summed E-state index contributed by atoms with van der Waals surface area (Å²) >= 11 is 0. The van der Waals surface area contributed by atoms with Crippen LogP contribution < -0.4 is 0 Å². The second kappa shape index (κ2) is 2.74. The number of benzene rings is 1. The summed E-state index contributed by atoms with van der Waals surface area (Å²) in [5, 5.41) is 8.94. The zero-order valence-corrected chi connectivity index (χ0v) is 6.33. The maximum absolute atomic E-state index is 8.94. The van der Waals surface area contributed by atoms with Crippen LogP contribution in [0.3, 0.4) is 0 Å². The topological polar surface area (TPSA) is 20.2 Å². The molecule has 0 bridgehead atoms. The van der Waals surface area contributed by atoms with E-state index in [4.69, 9.17) is 5.11 Å². The summed E-state index contributed by atoms with van der Waals surface area (Å²) < 4.78 is 0. The molecule has 0 unspecified atom stereocenters. The molecule has 0 spiro atoms. The molecular formula is C9H13O+. The lowest BCUT2D eigenvalue weighted by molar-refractivity contribution is 0.475. The minimum Gasteiger partial charge on any atom is -0.508 e. The third kappa shape index (κ3) is 1.50. The van der Waals surface area contributed by atoms with Crippen LogP contribution in [-0.2, 0) is 0 Å². The van der Waals surface area contributed by atoms with Crippen molar-refractivity contribution in [1.29, 1.82) is 0 Å². The molecule has 0 aliphatic heterocycles. The number of rotatable bonds is 1. The minimum atomic E-state index is 0. The molecule has 0 aliphatic rings. The van der Waals surface area contributed by atoms with Gasteiger partial charge >= 0.3 is 1.43 Å². The van der Waals surface area contributed by atoms with Gasteiger partial charge in [0.15, 0.2) is 0 Å². The van der Waals surface area contributed by atoms with Crippen LogP contribution >= 0.6 is 0 Å². The molecule has 1 rings (SSSR count). The smallest absolute Gasteiger partial charge is 0.508 e. The van der Waals surface area contributed by atoms with E-state index in [0.29, 0.717) is 11.7 Å². The van der Waals surface area contributed by atoms with E-state index in [9.17, 15) is 0 Å². The van der Waals surface area contributed by atoms with Crippen molar-refractivity contribution in [3.63, 3.8) is 0 Å². The molecule has 10 heavy (non-hydrogen) atoms. The molecule has 0 fully saturated rings. The van der Waals surface area contributed by atoms with Crippen LogP contribution in [-0.4, -0.2) is 5.11 Å². The van der Waals surface area contributed by atoms with Crippen LogP contribution in [0.15, 0.2) is 24.3 Å². The van der Waals surface area contributed by atoms with Crippen LogP contribution in [0.4, 0.5) is 0 Å². The van der Waals surface area contributed by atoms with E-state index in [-0.39, 0.29) is 1.43 Å². The van der Waals surface area contributed by atoms with Crippen LogP contribution in [0.2, 0.25) is 0 Å². The Morgan fingerprint density at radius 3 is 2.10 bits per heavy atom. The molecule has 0 amide bonds. The van der Waals surface area contributed by atoms with Gasteiger partial charge in [0.2, 0.25) is 0 Å². The van der Waals surface area contributed by atoms with Crippen molar-refractivity contribution >= 4 is 0 Å². The van der Waals surface area contributed by atoms with Crippen molar-refractivity contribution in [2.75, 3.05) is 0 Å². The van der Waals surface area contributed by atoms with E-state index in [0.717, 1.165) is 0 Å². The van der Waals surface area contributed by atoms with Gasteiger partial charge in [-0.1, -0.05) is 26.0 Å². The molecule has 0 saturated heterocycles. The van der Waals surface area contributed by atoms with Gasteiger partial charge in [-0.05, 0) is 23.6 Å². The van der Waals surface area contributed by atoms with E-state index in [1.807, 2.05) is 12.1 Å². The second-order valence-electron chi connectivity index (χ2n) is 2.75. The first kappa shape index (κ1) is 7.13. The Bertz CT molecular complexity index is 203. The number of hydrogen-bond donors (Lipinski definition) is 1. The van der Waals surface area contributed by atoms with Crippen molar-refractivity contribution in [3.8, 4) is 5.75 Å². The summed E-state index contributed by atoms with van der Waals surface area (Å²) in [6.45, 7) is 4.26. The lowest BCUT2D eigenvalue weighted by Gasteiger charge is -2.03. The molecule has 1 nitrogen and oxygen atoms in total. The van der Waals surface area contributed by atoms with Gasteiger partial charge in [0.25, 0.3) is 0 Å². The SMILES string of the molecule is CC(C)c1ccc(O)cc1.[H+]. The van der Waals surface area contributed by atoms with Gasteiger partial charge < -0.3 is 5.11 Å². The quantitative estimate of drug-likeness (QED) is 0.630. The predicted molar refractivity (Wildman–Crippen MR) is 43.3 cm³/mol. The standard InChI is InChI=1S/C9H12O/c1-7(2)8-3-5-9(10)6-4-8/h3-7,10H,1-2H3/p+1. The van der Waals surface area contributed by atoms with Crippen LogP contribution in [0, 0.1) is 0 Å². The summed E-state index contributed by atoms with van der Waals surface area (Å²) in [5.41, 5.74) is 1.26. The average molecular weight is 137 g/mol. The average Bonchev–Trinajstić information content (AvgIpc) is 1.88. The Labute approximate surface area is 62.8 Å². The predicted octanol–water partition coefficient (Wildman–Crippen LogP) is 2.63. The van der Waals surface area contributed by atoms with Crippen molar-refractivity contribution in [1.82, 2.24) is 0 Å². The Kier molecular flexibility index (Phi) is 1.95. The highest BCUT2D eigenvalue weighted by atomic mass is 16.3. The Balaban J connectivity index is 0.000001000. The summed E-state index contributed by atoms with van der Waals surface area (Å²) in [6.07, 6.45) is 0. The molecular weight excluding hydrogens is 124 g/mol. The van der Waals surface area contributed by atoms with Crippen molar-refractivity contribution < 1.29 is 6.53 Å². The number of phenols is 1. The van der Waals surface area contributed by atoms with Gasteiger partial charge in [-0.15, -0.1) is 0 Å². The maximum atomic E-state index is 8.94. The summed E-state index contributed by atoms with van der Waals surface area (Å²) in [7, 11) is 0. The highest BCUT2D eigenvalue weighted by Gasteiger charge is 1.96. The van der Waals surface area contributed by atoms with Gasteiger partial charge in [-0.2, -0.15) is 0 Å². The molecule has 1 N–H and O–H groups in total. The van der Waals surface area contributed by atoms with Crippen molar-refractivity contribution in [2.45, 2.75) is 19.8 Å². The van der Waals surface area contributed by atoms with E-state index in [1.54, 1.807) is 12.1 Å². The molecule has 1 aromatic rings. The molecule has 0 atom stereocenters. The number of hydrogen-bond acceptors (Lipinski definition) is 1. The van der Waals surface area contributed by atoms with Gasteiger partial charge in [0.05, 0.1) is 0 Å². The van der Waals surface area contributed by atoms with E-state index in [2.05, 4.69) is 13.8 Å². The normalized spacial score (nSPS) is 10.3. The van der Waals surface area contributed by atoms with E-state index in [1.165, 1.54) is 5.56 Å². The summed E-state index contributed by atoms with van der Waals surface area (Å²) in [4.78, 5) is 0. The van der Waals surface area contributed by atoms with E-state index < -0.39 is 0 Å². The van der Waals surface area contributed by atoms with Crippen LogP contribution in [0.1, 0.15) is 26.8 Å². The maximum Gasteiger partial charge on any atom is 1.00 e. The summed E-state index contributed by atoms with van der Waals surface area (Å²) in [5.74, 6) is 0.880. The largest absolute Gasteiger partial charge is 1.00 e. The monoisotopic (exact) mass is 137 g/mol. The first-order valence-corrected chi connectivity index (χ1v) is 3.49. The highest BCUT2D eigenvalue weighted by Crippen LogP contribution is 2.16. The molecule has 54 valence electrons. The zero-order chi connectivity index (χ0) is 7.56. The molecule has 1 heteroatoms. The number of aromatic hydroxyl groups is 1. The van der Waals surface area contributed by atoms with E-state index >= 15 is 0 Å².